The Kier molecular flexibility index (Phi) is 5.21. The minimum atomic E-state index is -0.232. The quantitative estimate of drug-likeness (QED) is 0.720. The molecule has 1 atom stereocenters. The van der Waals surface area contributed by atoms with Crippen LogP contribution in [-0.4, -0.2) is 12.4 Å². The first kappa shape index (κ1) is 15.0. The fourth-order valence-corrected chi connectivity index (χ4v) is 1.58. The smallest absolute Gasteiger partial charge is 0.204 e. The third-order valence-electron chi connectivity index (χ3n) is 2.68. The Hall–Kier alpha value is -1.02. The highest BCUT2D eigenvalue weighted by atomic mass is 16.7. The summed E-state index contributed by atoms with van der Waals surface area (Å²) < 4.78 is 11.8. The number of rotatable bonds is 5. The largest absolute Gasteiger partial charge is 0.464 e. The molecule has 0 heterocycles. The Morgan fingerprint density at radius 3 is 2.00 bits per heavy atom. The molecule has 1 aromatic rings. The number of aryl methyl sites for hydroxylation is 1. The van der Waals surface area contributed by atoms with Crippen molar-refractivity contribution in [1.29, 1.82) is 0 Å². The van der Waals surface area contributed by atoms with Crippen molar-refractivity contribution in [2.24, 2.45) is 5.41 Å². The highest BCUT2D eigenvalue weighted by Gasteiger charge is 2.28. The van der Waals surface area contributed by atoms with E-state index < -0.39 is 0 Å². The van der Waals surface area contributed by atoms with E-state index in [2.05, 4.69) is 39.8 Å². The van der Waals surface area contributed by atoms with E-state index in [0.29, 0.717) is 0 Å². The van der Waals surface area contributed by atoms with Gasteiger partial charge in [-0.1, -0.05) is 39.8 Å². The molecular weight excluding hydrogens is 224 g/mol. The normalized spacial score (nSPS) is 13.7. The van der Waals surface area contributed by atoms with Crippen LogP contribution in [-0.2, 0) is 11.2 Å². The first-order valence-electron chi connectivity index (χ1n) is 6.74. The van der Waals surface area contributed by atoms with Crippen molar-refractivity contribution in [2.45, 2.75) is 60.4 Å². The lowest BCUT2D eigenvalue weighted by atomic mass is 9.96. The Labute approximate surface area is 111 Å². The van der Waals surface area contributed by atoms with Gasteiger partial charge >= 0.3 is 0 Å². The lowest BCUT2D eigenvalue weighted by molar-refractivity contribution is -0.162. The third-order valence-corrected chi connectivity index (χ3v) is 2.68. The molecule has 0 bridgehead atoms. The monoisotopic (exact) mass is 250 g/mol. The second kappa shape index (κ2) is 6.24. The van der Waals surface area contributed by atoms with Gasteiger partial charge in [0.15, 0.2) is 0 Å². The highest BCUT2D eigenvalue weighted by Crippen LogP contribution is 2.27. The van der Waals surface area contributed by atoms with Crippen LogP contribution in [0.25, 0.3) is 0 Å². The van der Waals surface area contributed by atoms with Crippen molar-refractivity contribution in [1.82, 2.24) is 0 Å². The summed E-state index contributed by atoms with van der Waals surface area (Å²) in [7, 11) is 0. The van der Waals surface area contributed by atoms with Gasteiger partial charge in [-0.2, -0.15) is 0 Å². The molecule has 0 aromatic heterocycles. The van der Waals surface area contributed by atoms with Gasteiger partial charge in [0.25, 0.3) is 0 Å². The predicted molar refractivity (Wildman–Crippen MR) is 75.9 cm³/mol. The lowest BCUT2D eigenvalue weighted by Crippen LogP contribution is -2.36. The van der Waals surface area contributed by atoms with Crippen molar-refractivity contribution >= 4 is 0 Å². The van der Waals surface area contributed by atoms with Gasteiger partial charge in [0, 0.05) is 5.41 Å². The summed E-state index contributed by atoms with van der Waals surface area (Å²) in [4.78, 5) is 0. The van der Waals surface area contributed by atoms with Gasteiger partial charge < -0.3 is 9.47 Å². The zero-order chi connectivity index (χ0) is 13.8. The molecule has 102 valence electrons. The van der Waals surface area contributed by atoms with Crippen molar-refractivity contribution in [3.63, 3.8) is 0 Å². The van der Waals surface area contributed by atoms with Crippen LogP contribution in [0, 0.1) is 5.41 Å². The average Bonchev–Trinajstić information content (AvgIpc) is 2.27. The second-order valence-corrected chi connectivity index (χ2v) is 6.00. The van der Waals surface area contributed by atoms with Crippen LogP contribution in [0.1, 0.15) is 47.1 Å². The fourth-order valence-electron chi connectivity index (χ4n) is 1.58. The molecule has 1 unspecified atom stereocenters. The van der Waals surface area contributed by atoms with Crippen molar-refractivity contribution < 1.29 is 9.47 Å². The minimum Gasteiger partial charge on any atom is -0.464 e. The molecule has 1 rings (SSSR count). The molecular formula is C16H26O2. The van der Waals surface area contributed by atoms with Crippen molar-refractivity contribution in [3.8, 4) is 5.75 Å². The number of hydrogen-bond donors (Lipinski definition) is 0. The van der Waals surface area contributed by atoms with Gasteiger partial charge in [0.2, 0.25) is 6.29 Å². The van der Waals surface area contributed by atoms with E-state index in [9.17, 15) is 0 Å². The zero-order valence-electron chi connectivity index (χ0n) is 12.5. The standard InChI is InChI=1S/C16H26O2/c1-7-13-8-10-14(11-9-13)18-15(16(4,5)6)17-12(2)3/h8-12,15H,7H2,1-6H3. The summed E-state index contributed by atoms with van der Waals surface area (Å²) in [6, 6.07) is 8.23. The van der Waals surface area contributed by atoms with Gasteiger partial charge in [-0.3, -0.25) is 0 Å². The molecule has 0 aliphatic rings. The summed E-state index contributed by atoms with van der Waals surface area (Å²) in [5, 5.41) is 0. The van der Waals surface area contributed by atoms with Crippen LogP contribution in [0.5, 0.6) is 5.75 Å². The fraction of sp³-hybridized carbons (Fsp3) is 0.625. The Balaban J connectivity index is 2.75. The zero-order valence-corrected chi connectivity index (χ0v) is 12.5. The molecule has 2 nitrogen and oxygen atoms in total. The molecule has 18 heavy (non-hydrogen) atoms. The van der Waals surface area contributed by atoms with Gasteiger partial charge in [0.05, 0.1) is 6.10 Å². The topological polar surface area (TPSA) is 18.5 Å². The van der Waals surface area contributed by atoms with Gasteiger partial charge in [0.1, 0.15) is 5.75 Å². The van der Waals surface area contributed by atoms with Crippen LogP contribution in [0.15, 0.2) is 24.3 Å². The van der Waals surface area contributed by atoms with Gasteiger partial charge in [-0.15, -0.1) is 0 Å². The minimum absolute atomic E-state index is 0.0479. The first-order valence-corrected chi connectivity index (χ1v) is 6.74. The van der Waals surface area contributed by atoms with Crippen molar-refractivity contribution in [3.05, 3.63) is 29.8 Å². The van der Waals surface area contributed by atoms with E-state index >= 15 is 0 Å². The average molecular weight is 250 g/mol. The summed E-state index contributed by atoms with van der Waals surface area (Å²) in [6.07, 6.45) is 0.972. The second-order valence-electron chi connectivity index (χ2n) is 6.00. The molecule has 0 N–H and O–H groups in total. The highest BCUT2D eigenvalue weighted by molar-refractivity contribution is 5.27. The maximum Gasteiger partial charge on any atom is 0.204 e. The SMILES string of the molecule is CCc1ccc(OC(OC(C)C)C(C)(C)C)cc1. The molecule has 2 heteroatoms. The van der Waals surface area contributed by atoms with E-state index in [4.69, 9.17) is 9.47 Å². The third kappa shape index (κ3) is 4.69. The van der Waals surface area contributed by atoms with E-state index in [1.54, 1.807) is 0 Å². The molecule has 0 aliphatic heterocycles. The summed E-state index contributed by atoms with van der Waals surface area (Å²) >= 11 is 0. The number of hydrogen-bond acceptors (Lipinski definition) is 2. The van der Waals surface area contributed by atoms with Crippen LogP contribution < -0.4 is 4.74 Å². The van der Waals surface area contributed by atoms with Crippen LogP contribution in [0.3, 0.4) is 0 Å². The molecule has 0 radical (unpaired) electrons. The predicted octanol–water partition coefficient (Wildman–Crippen LogP) is 4.43. The molecule has 0 aliphatic carbocycles. The van der Waals surface area contributed by atoms with E-state index in [0.717, 1.165) is 12.2 Å². The van der Waals surface area contributed by atoms with E-state index in [-0.39, 0.29) is 17.8 Å². The summed E-state index contributed by atoms with van der Waals surface area (Å²) in [6.45, 7) is 12.6. The Morgan fingerprint density at radius 1 is 1.06 bits per heavy atom. The van der Waals surface area contributed by atoms with Crippen LogP contribution in [0.4, 0.5) is 0 Å². The van der Waals surface area contributed by atoms with E-state index in [1.807, 2.05) is 26.0 Å². The molecule has 1 aromatic carbocycles. The molecule has 0 spiro atoms. The van der Waals surface area contributed by atoms with Crippen LogP contribution >= 0.6 is 0 Å². The molecule has 0 amide bonds. The molecule has 0 fully saturated rings. The Morgan fingerprint density at radius 2 is 1.61 bits per heavy atom. The summed E-state index contributed by atoms with van der Waals surface area (Å²) in [5.74, 6) is 0.868. The first-order chi connectivity index (χ1) is 8.32. The van der Waals surface area contributed by atoms with Crippen LogP contribution in [0.2, 0.25) is 0 Å². The van der Waals surface area contributed by atoms with Gasteiger partial charge in [-0.25, -0.2) is 0 Å². The number of ether oxygens (including phenoxy) is 2. The van der Waals surface area contributed by atoms with E-state index in [1.165, 1.54) is 5.56 Å². The Bertz CT molecular complexity index is 346. The summed E-state index contributed by atoms with van der Waals surface area (Å²) in [5.41, 5.74) is 1.27. The lowest BCUT2D eigenvalue weighted by Gasteiger charge is -2.32. The molecule has 0 saturated heterocycles. The maximum absolute atomic E-state index is 5.97. The van der Waals surface area contributed by atoms with Crippen molar-refractivity contribution in [2.75, 3.05) is 0 Å². The maximum atomic E-state index is 5.97. The molecule has 0 saturated carbocycles. The van der Waals surface area contributed by atoms with Gasteiger partial charge in [-0.05, 0) is 38.0 Å². The number of benzene rings is 1.